The Bertz CT molecular complexity index is 505. The Morgan fingerprint density at radius 1 is 1.22 bits per heavy atom. The molecule has 1 N–H and O–H groups in total. The SMILES string of the molecule is O=C1N(C2CC2)C(c2ccc(F)cc2)NC12CC2. The van der Waals surface area contributed by atoms with Gasteiger partial charge in [-0.25, -0.2) is 4.39 Å². The van der Waals surface area contributed by atoms with E-state index in [1.54, 1.807) is 12.1 Å². The zero-order valence-electron chi connectivity index (χ0n) is 10.0. The van der Waals surface area contributed by atoms with Crippen molar-refractivity contribution in [3.05, 3.63) is 35.6 Å². The van der Waals surface area contributed by atoms with Crippen LogP contribution < -0.4 is 5.32 Å². The Balaban J connectivity index is 1.70. The molecule has 3 nitrogen and oxygen atoms in total. The average Bonchev–Trinajstić information content (AvgIpc) is 3.23. The molecule has 94 valence electrons. The standard InChI is InChI=1S/C14H15FN2O/c15-10-3-1-9(2-4-10)12-16-14(7-8-14)13(18)17(12)11-5-6-11/h1-4,11-12,16H,5-8H2. The van der Waals surface area contributed by atoms with Gasteiger partial charge in [-0.3, -0.25) is 10.1 Å². The number of carbonyl (C=O) groups excluding carboxylic acids is 1. The third kappa shape index (κ3) is 1.42. The van der Waals surface area contributed by atoms with E-state index >= 15 is 0 Å². The van der Waals surface area contributed by atoms with Gasteiger partial charge in [-0.15, -0.1) is 0 Å². The first-order valence-electron chi connectivity index (χ1n) is 6.56. The minimum atomic E-state index is -0.290. The number of rotatable bonds is 2. The molecule has 1 aliphatic heterocycles. The van der Waals surface area contributed by atoms with Crippen molar-refractivity contribution >= 4 is 5.91 Å². The van der Waals surface area contributed by atoms with Crippen molar-refractivity contribution in [2.45, 2.75) is 43.4 Å². The predicted octanol–water partition coefficient (Wildman–Crippen LogP) is 1.95. The maximum atomic E-state index is 13.0. The van der Waals surface area contributed by atoms with Gasteiger partial charge in [0.15, 0.2) is 0 Å². The summed E-state index contributed by atoms with van der Waals surface area (Å²) in [6.07, 6.45) is 4.01. The summed E-state index contributed by atoms with van der Waals surface area (Å²) in [6, 6.07) is 6.86. The van der Waals surface area contributed by atoms with Crippen LogP contribution in [0, 0.1) is 5.82 Å². The molecule has 4 rings (SSSR count). The number of nitrogens with zero attached hydrogens (tertiary/aromatic N) is 1. The number of halogens is 1. The van der Waals surface area contributed by atoms with E-state index < -0.39 is 0 Å². The summed E-state index contributed by atoms with van der Waals surface area (Å²) in [5.74, 6) is 0.0153. The second-order valence-corrected chi connectivity index (χ2v) is 5.62. The molecule has 4 heteroatoms. The van der Waals surface area contributed by atoms with Gasteiger partial charge in [0, 0.05) is 6.04 Å². The van der Waals surface area contributed by atoms with Gasteiger partial charge >= 0.3 is 0 Å². The van der Waals surface area contributed by atoms with Gasteiger partial charge in [-0.1, -0.05) is 12.1 Å². The molecular formula is C14H15FN2O. The molecule has 3 aliphatic rings. The molecule has 1 aromatic rings. The van der Waals surface area contributed by atoms with Crippen LogP contribution in [0.25, 0.3) is 0 Å². The van der Waals surface area contributed by atoms with Crippen LogP contribution in [0.1, 0.15) is 37.4 Å². The van der Waals surface area contributed by atoms with Gasteiger partial charge in [0.2, 0.25) is 5.91 Å². The molecule has 2 aliphatic carbocycles. The minimum absolute atomic E-state index is 0.0619. The first-order chi connectivity index (χ1) is 8.70. The Morgan fingerprint density at radius 3 is 2.44 bits per heavy atom. The molecule has 1 spiro atoms. The van der Waals surface area contributed by atoms with Crippen molar-refractivity contribution in [1.29, 1.82) is 0 Å². The predicted molar refractivity (Wildman–Crippen MR) is 64.1 cm³/mol. The largest absolute Gasteiger partial charge is 0.318 e. The van der Waals surface area contributed by atoms with E-state index in [0.29, 0.717) is 6.04 Å². The minimum Gasteiger partial charge on any atom is -0.318 e. The van der Waals surface area contributed by atoms with Crippen molar-refractivity contribution in [2.24, 2.45) is 0 Å². The number of carbonyl (C=O) groups is 1. The molecule has 1 unspecified atom stereocenters. The highest BCUT2D eigenvalue weighted by Crippen LogP contribution is 2.49. The number of hydrogen-bond donors (Lipinski definition) is 1. The second kappa shape index (κ2) is 3.32. The molecule has 1 heterocycles. The monoisotopic (exact) mass is 246 g/mol. The number of hydrogen-bond acceptors (Lipinski definition) is 2. The second-order valence-electron chi connectivity index (χ2n) is 5.62. The number of amides is 1. The van der Waals surface area contributed by atoms with E-state index in [4.69, 9.17) is 0 Å². The molecule has 0 radical (unpaired) electrons. The van der Waals surface area contributed by atoms with Crippen molar-refractivity contribution in [2.75, 3.05) is 0 Å². The lowest BCUT2D eigenvalue weighted by Crippen LogP contribution is -2.33. The third-order valence-corrected chi connectivity index (χ3v) is 4.21. The maximum absolute atomic E-state index is 13.0. The van der Waals surface area contributed by atoms with Gasteiger partial charge < -0.3 is 4.90 Å². The van der Waals surface area contributed by atoms with Crippen molar-refractivity contribution in [3.8, 4) is 0 Å². The normalized spacial score (nSPS) is 29.1. The van der Waals surface area contributed by atoms with Gasteiger partial charge in [0.1, 0.15) is 17.5 Å². The fourth-order valence-corrected chi connectivity index (χ4v) is 2.86. The van der Waals surface area contributed by atoms with E-state index in [2.05, 4.69) is 5.32 Å². The Kier molecular flexibility index (Phi) is 1.94. The van der Waals surface area contributed by atoms with E-state index in [9.17, 15) is 9.18 Å². The zero-order chi connectivity index (χ0) is 12.3. The summed E-state index contributed by atoms with van der Waals surface area (Å²) in [4.78, 5) is 14.4. The average molecular weight is 246 g/mol. The van der Waals surface area contributed by atoms with Gasteiger partial charge in [0.25, 0.3) is 0 Å². The molecule has 1 saturated heterocycles. The lowest BCUT2D eigenvalue weighted by Gasteiger charge is -2.24. The third-order valence-electron chi connectivity index (χ3n) is 4.21. The van der Waals surface area contributed by atoms with Crippen LogP contribution in [-0.2, 0) is 4.79 Å². The molecule has 3 fully saturated rings. The highest BCUT2D eigenvalue weighted by Gasteiger charge is 2.61. The summed E-state index contributed by atoms with van der Waals surface area (Å²) in [5, 5.41) is 3.45. The van der Waals surface area contributed by atoms with Crippen LogP contribution in [-0.4, -0.2) is 22.4 Å². The first-order valence-corrected chi connectivity index (χ1v) is 6.56. The summed E-state index contributed by atoms with van der Waals surface area (Å²) < 4.78 is 13.0. The van der Waals surface area contributed by atoms with E-state index in [0.717, 1.165) is 31.2 Å². The highest BCUT2D eigenvalue weighted by atomic mass is 19.1. The topological polar surface area (TPSA) is 32.3 Å². The summed E-state index contributed by atoms with van der Waals surface area (Å²) in [5.41, 5.74) is 0.696. The molecule has 18 heavy (non-hydrogen) atoms. The van der Waals surface area contributed by atoms with Crippen LogP contribution in [0.5, 0.6) is 0 Å². The molecule has 1 atom stereocenters. The Morgan fingerprint density at radius 2 is 1.89 bits per heavy atom. The van der Waals surface area contributed by atoms with Crippen LogP contribution in [0.3, 0.4) is 0 Å². The summed E-state index contributed by atoms with van der Waals surface area (Å²) in [6.45, 7) is 0. The smallest absolute Gasteiger partial charge is 0.244 e. The van der Waals surface area contributed by atoms with Crippen molar-refractivity contribution in [1.82, 2.24) is 10.2 Å². The van der Waals surface area contributed by atoms with E-state index in [1.165, 1.54) is 12.1 Å². The fourth-order valence-electron chi connectivity index (χ4n) is 2.86. The first kappa shape index (κ1) is 10.5. The van der Waals surface area contributed by atoms with E-state index in [1.807, 2.05) is 4.90 Å². The maximum Gasteiger partial charge on any atom is 0.244 e. The number of nitrogens with one attached hydrogen (secondary N) is 1. The van der Waals surface area contributed by atoms with Crippen LogP contribution in [0.4, 0.5) is 4.39 Å². The quantitative estimate of drug-likeness (QED) is 0.865. The lowest BCUT2D eigenvalue weighted by atomic mass is 10.1. The van der Waals surface area contributed by atoms with Crippen molar-refractivity contribution in [3.63, 3.8) is 0 Å². The molecular weight excluding hydrogens is 231 g/mol. The van der Waals surface area contributed by atoms with Gasteiger partial charge in [-0.05, 0) is 43.4 Å². The molecule has 1 aromatic carbocycles. The Labute approximate surface area is 105 Å². The summed E-state index contributed by atoms with van der Waals surface area (Å²) in [7, 11) is 0. The molecule has 1 amide bonds. The number of benzene rings is 1. The van der Waals surface area contributed by atoms with Crippen LogP contribution in [0.2, 0.25) is 0 Å². The highest BCUT2D eigenvalue weighted by molar-refractivity contribution is 5.92. The van der Waals surface area contributed by atoms with Gasteiger partial charge in [0.05, 0.1) is 0 Å². The lowest BCUT2D eigenvalue weighted by molar-refractivity contribution is -0.131. The summed E-state index contributed by atoms with van der Waals surface area (Å²) >= 11 is 0. The van der Waals surface area contributed by atoms with Crippen molar-refractivity contribution < 1.29 is 9.18 Å². The zero-order valence-corrected chi connectivity index (χ0v) is 10.0. The van der Waals surface area contributed by atoms with Crippen LogP contribution in [0.15, 0.2) is 24.3 Å². The van der Waals surface area contributed by atoms with E-state index in [-0.39, 0.29) is 23.4 Å². The molecule has 0 aromatic heterocycles. The Hall–Kier alpha value is -1.42. The fraction of sp³-hybridized carbons (Fsp3) is 0.500. The molecule has 0 bridgehead atoms. The van der Waals surface area contributed by atoms with Gasteiger partial charge in [-0.2, -0.15) is 0 Å². The van der Waals surface area contributed by atoms with Crippen LogP contribution >= 0.6 is 0 Å². The molecule has 2 saturated carbocycles.